The molecule has 0 saturated carbocycles. The van der Waals surface area contributed by atoms with Gasteiger partial charge < -0.3 is 0 Å². The van der Waals surface area contributed by atoms with Crippen LogP contribution in [0.15, 0.2) is 158 Å². The normalized spacial score (nSPS) is 12.0. The lowest BCUT2D eigenvalue weighted by Gasteiger charge is -2.17. The van der Waals surface area contributed by atoms with Crippen molar-refractivity contribution in [3.63, 3.8) is 0 Å². The summed E-state index contributed by atoms with van der Waals surface area (Å²) in [6, 6.07) is 58.5. The molecule has 0 nitrogen and oxygen atoms in total. The van der Waals surface area contributed by atoms with Gasteiger partial charge >= 0.3 is 0 Å². The molecule has 208 valence electrons. The summed E-state index contributed by atoms with van der Waals surface area (Å²) in [7, 11) is 0. The van der Waals surface area contributed by atoms with Gasteiger partial charge in [0, 0.05) is 20.2 Å². The monoisotopic (exact) mass is 586 g/mol. The van der Waals surface area contributed by atoms with Gasteiger partial charge in [0.1, 0.15) is 0 Å². The first-order valence-electron chi connectivity index (χ1n) is 15.5. The summed E-state index contributed by atoms with van der Waals surface area (Å²) in [6.07, 6.45) is 0. The molecular weight excluding hydrogens is 561 g/mol. The summed E-state index contributed by atoms with van der Waals surface area (Å²) in [5.74, 6) is 0. The van der Waals surface area contributed by atoms with Gasteiger partial charge in [-0.05, 0) is 100 Å². The van der Waals surface area contributed by atoms with Gasteiger partial charge in [-0.1, -0.05) is 133 Å². The fourth-order valence-electron chi connectivity index (χ4n) is 7.56. The topological polar surface area (TPSA) is 0 Å². The lowest BCUT2D eigenvalue weighted by atomic mass is 9.86. The predicted molar refractivity (Wildman–Crippen MR) is 198 cm³/mol. The van der Waals surface area contributed by atoms with Gasteiger partial charge in [-0.3, -0.25) is 0 Å². The van der Waals surface area contributed by atoms with Crippen LogP contribution in [-0.4, -0.2) is 0 Å². The molecule has 0 atom stereocenters. The molecule has 0 radical (unpaired) electrons. The van der Waals surface area contributed by atoms with Crippen molar-refractivity contribution in [2.45, 2.75) is 0 Å². The average Bonchev–Trinajstić information content (AvgIpc) is 3.49. The first-order chi connectivity index (χ1) is 22.3. The Bertz CT molecular complexity index is 2800. The average molecular weight is 587 g/mol. The minimum absolute atomic E-state index is 1.23. The van der Waals surface area contributed by atoms with Gasteiger partial charge in [-0.25, -0.2) is 0 Å². The highest BCUT2D eigenvalue weighted by molar-refractivity contribution is 7.25. The third-order valence-electron chi connectivity index (χ3n) is 9.64. The summed E-state index contributed by atoms with van der Waals surface area (Å²) in [6.45, 7) is 0. The predicted octanol–water partition coefficient (Wildman–Crippen LogP) is 13.2. The number of hydrogen-bond acceptors (Lipinski definition) is 1. The summed E-state index contributed by atoms with van der Waals surface area (Å²) in [5.41, 5.74) is 4.97. The highest BCUT2D eigenvalue weighted by Gasteiger charge is 2.16. The van der Waals surface area contributed by atoms with Crippen molar-refractivity contribution >= 4 is 85.4 Å². The largest absolute Gasteiger partial charge is 0.135 e. The second kappa shape index (κ2) is 9.50. The standard InChI is InChI=1S/C44H26S/c1-4-13-35-31(9-1)32-10-2-5-14-36(32)44-38-23-21-29(25-39(38)33-11-3-6-15-37(33)43(35)44)27-17-19-28(20-18-27)30-22-24-42-40(26-30)34-12-7-8-16-41(34)45-42/h1-26H. The smallest absolute Gasteiger partial charge is 0.0355 e. The Balaban J connectivity index is 1.17. The number of benzene rings is 9. The van der Waals surface area contributed by atoms with Crippen LogP contribution < -0.4 is 0 Å². The van der Waals surface area contributed by atoms with Crippen LogP contribution in [0, 0.1) is 0 Å². The molecule has 1 heterocycles. The van der Waals surface area contributed by atoms with Gasteiger partial charge in [-0.2, -0.15) is 0 Å². The Hall–Kier alpha value is -5.50. The van der Waals surface area contributed by atoms with Gasteiger partial charge in [0.2, 0.25) is 0 Å². The van der Waals surface area contributed by atoms with E-state index in [0.29, 0.717) is 0 Å². The first-order valence-corrected chi connectivity index (χ1v) is 16.3. The molecule has 0 aliphatic rings. The molecule has 0 amide bonds. The lowest BCUT2D eigenvalue weighted by molar-refractivity contribution is 1.62. The molecule has 10 rings (SSSR count). The molecule has 10 aromatic rings. The van der Waals surface area contributed by atoms with Crippen LogP contribution in [0.1, 0.15) is 0 Å². The zero-order valence-corrected chi connectivity index (χ0v) is 25.2. The highest BCUT2D eigenvalue weighted by Crippen LogP contribution is 2.44. The SMILES string of the molecule is c1ccc2c(c1)sc1ccc(-c3ccc(-c4ccc5c(c4)c4ccccc4c4c6ccccc6c6ccccc6c54)cc3)cc12. The van der Waals surface area contributed by atoms with E-state index in [9.17, 15) is 0 Å². The van der Waals surface area contributed by atoms with Crippen molar-refractivity contribution in [3.8, 4) is 22.3 Å². The molecule has 0 aliphatic carbocycles. The van der Waals surface area contributed by atoms with Crippen molar-refractivity contribution in [1.29, 1.82) is 0 Å². The first kappa shape index (κ1) is 24.9. The van der Waals surface area contributed by atoms with Crippen molar-refractivity contribution in [2.75, 3.05) is 0 Å². The maximum Gasteiger partial charge on any atom is 0.0355 e. The second-order valence-electron chi connectivity index (χ2n) is 12.0. The van der Waals surface area contributed by atoms with E-state index in [1.54, 1.807) is 0 Å². The van der Waals surface area contributed by atoms with Crippen LogP contribution in [0.3, 0.4) is 0 Å². The fourth-order valence-corrected chi connectivity index (χ4v) is 8.65. The summed E-state index contributed by atoms with van der Waals surface area (Å²) >= 11 is 1.87. The third-order valence-corrected chi connectivity index (χ3v) is 10.8. The minimum Gasteiger partial charge on any atom is -0.135 e. The van der Waals surface area contributed by atoms with Crippen LogP contribution in [0.25, 0.3) is 96.3 Å². The van der Waals surface area contributed by atoms with Gasteiger partial charge in [0.25, 0.3) is 0 Å². The molecule has 0 bridgehead atoms. The number of hydrogen-bond donors (Lipinski definition) is 0. The Labute approximate surface area is 264 Å². The zero-order valence-electron chi connectivity index (χ0n) is 24.4. The Morgan fingerprint density at radius 3 is 1.20 bits per heavy atom. The maximum atomic E-state index is 2.40. The van der Waals surface area contributed by atoms with Crippen LogP contribution in [0.2, 0.25) is 0 Å². The van der Waals surface area contributed by atoms with E-state index >= 15 is 0 Å². The number of rotatable bonds is 2. The molecule has 0 aliphatic heterocycles. The molecule has 1 heteroatoms. The summed E-state index contributed by atoms with van der Waals surface area (Å²) in [5, 5.41) is 15.8. The molecule has 0 fully saturated rings. The molecule has 1 aromatic heterocycles. The van der Waals surface area contributed by atoms with E-state index in [1.807, 2.05) is 11.3 Å². The fraction of sp³-hybridized carbons (Fsp3) is 0. The highest BCUT2D eigenvalue weighted by atomic mass is 32.1. The molecule has 0 spiro atoms. The van der Waals surface area contributed by atoms with E-state index in [2.05, 4.69) is 158 Å². The van der Waals surface area contributed by atoms with E-state index in [1.165, 1.54) is 96.3 Å². The van der Waals surface area contributed by atoms with Crippen LogP contribution in [0.4, 0.5) is 0 Å². The molecule has 9 aromatic carbocycles. The quantitative estimate of drug-likeness (QED) is 0.177. The number of thiophene rings is 1. The van der Waals surface area contributed by atoms with E-state index in [0.717, 1.165) is 0 Å². The summed E-state index contributed by atoms with van der Waals surface area (Å²) < 4.78 is 2.69. The Morgan fingerprint density at radius 1 is 0.244 bits per heavy atom. The Morgan fingerprint density at radius 2 is 0.622 bits per heavy atom. The zero-order chi connectivity index (χ0) is 29.5. The molecule has 0 unspecified atom stereocenters. The van der Waals surface area contributed by atoms with Gasteiger partial charge in [0.15, 0.2) is 0 Å². The summed E-state index contributed by atoms with van der Waals surface area (Å²) in [4.78, 5) is 0. The second-order valence-corrected chi connectivity index (χ2v) is 13.1. The van der Waals surface area contributed by atoms with Crippen LogP contribution in [0.5, 0.6) is 0 Å². The Kier molecular flexibility index (Phi) is 5.25. The van der Waals surface area contributed by atoms with Crippen molar-refractivity contribution < 1.29 is 0 Å². The maximum absolute atomic E-state index is 2.40. The third kappa shape index (κ3) is 3.65. The van der Waals surface area contributed by atoms with Gasteiger partial charge in [0.05, 0.1) is 0 Å². The van der Waals surface area contributed by atoms with E-state index in [-0.39, 0.29) is 0 Å². The van der Waals surface area contributed by atoms with Gasteiger partial charge in [-0.15, -0.1) is 11.3 Å². The lowest BCUT2D eigenvalue weighted by Crippen LogP contribution is -1.89. The van der Waals surface area contributed by atoms with E-state index in [4.69, 9.17) is 0 Å². The molecular formula is C44H26S. The van der Waals surface area contributed by atoms with Crippen LogP contribution >= 0.6 is 11.3 Å². The minimum atomic E-state index is 1.23. The van der Waals surface area contributed by atoms with Crippen molar-refractivity contribution in [2.24, 2.45) is 0 Å². The van der Waals surface area contributed by atoms with Crippen LogP contribution in [-0.2, 0) is 0 Å². The molecule has 0 saturated heterocycles. The van der Waals surface area contributed by atoms with Crippen molar-refractivity contribution in [1.82, 2.24) is 0 Å². The van der Waals surface area contributed by atoms with E-state index < -0.39 is 0 Å². The van der Waals surface area contributed by atoms with Crippen molar-refractivity contribution in [3.05, 3.63) is 158 Å². The number of fused-ring (bicyclic) bond motifs is 14. The molecule has 45 heavy (non-hydrogen) atoms. The molecule has 0 N–H and O–H groups in total.